The van der Waals surface area contributed by atoms with Crippen LogP contribution in [0.1, 0.15) is 11.1 Å². The van der Waals surface area contributed by atoms with E-state index in [9.17, 15) is 0 Å². The molecule has 78 valence electrons. The molecular weight excluding hydrogens is 228 g/mol. The van der Waals surface area contributed by atoms with Crippen LogP contribution in [0, 0.1) is 10.9 Å². The van der Waals surface area contributed by atoms with Gasteiger partial charge in [-0.15, -0.1) is 5.10 Å². The fourth-order valence-electron chi connectivity index (χ4n) is 1.18. The summed E-state index contributed by atoms with van der Waals surface area (Å²) >= 11 is 6.37. The van der Waals surface area contributed by atoms with Gasteiger partial charge in [0.15, 0.2) is 3.95 Å². The number of hydrogen-bond acceptors (Lipinski definition) is 5. The minimum Gasteiger partial charge on any atom is -0.356 e. The van der Waals surface area contributed by atoms with E-state index in [2.05, 4.69) is 20.5 Å². The van der Waals surface area contributed by atoms with Crippen LogP contribution in [0.25, 0.3) is 0 Å². The molecule has 2 rings (SSSR count). The van der Waals surface area contributed by atoms with Crippen molar-refractivity contribution in [1.82, 2.24) is 15.2 Å². The molecule has 15 heavy (non-hydrogen) atoms. The zero-order chi connectivity index (χ0) is 10.7. The molecule has 0 amide bonds. The Kier molecular flexibility index (Phi) is 3.08. The van der Waals surface area contributed by atoms with Crippen molar-refractivity contribution >= 4 is 28.7 Å². The van der Waals surface area contributed by atoms with Crippen LogP contribution < -0.4 is 5.32 Å². The average molecular weight is 238 g/mol. The molecule has 0 aliphatic carbocycles. The molecule has 0 unspecified atom stereocenters. The Bertz CT molecular complexity index is 503. The number of nitrogens with one attached hydrogen (secondary N) is 2. The average Bonchev–Trinajstić information content (AvgIpc) is 2.63. The summed E-state index contributed by atoms with van der Waals surface area (Å²) in [6.07, 6.45) is 3.64. The first-order valence-electron chi connectivity index (χ1n) is 4.44. The predicted molar refractivity (Wildman–Crippen MR) is 63.6 cm³/mol. The molecule has 2 aromatic rings. The molecule has 0 spiro atoms. The lowest BCUT2D eigenvalue weighted by Crippen LogP contribution is -2.01. The first-order valence-corrected chi connectivity index (χ1v) is 5.67. The van der Waals surface area contributed by atoms with Crippen LogP contribution >= 0.6 is 23.6 Å². The van der Waals surface area contributed by atoms with Crippen molar-refractivity contribution < 1.29 is 0 Å². The third-order valence-electron chi connectivity index (χ3n) is 2.00. The van der Waals surface area contributed by atoms with Crippen LogP contribution in [0.5, 0.6) is 0 Å². The lowest BCUT2D eigenvalue weighted by Gasteiger charge is -2.04. The van der Waals surface area contributed by atoms with Crippen LogP contribution in [0.2, 0.25) is 0 Å². The Morgan fingerprint density at radius 2 is 2.47 bits per heavy atom. The van der Waals surface area contributed by atoms with Gasteiger partial charge in [-0.3, -0.25) is 10.1 Å². The lowest BCUT2D eigenvalue weighted by molar-refractivity contribution is 1.03. The van der Waals surface area contributed by atoms with Gasteiger partial charge in [-0.2, -0.15) is 0 Å². The van der Waals surface area contributed by atoms with Crippen molar-refractivity contribution in [3.63, 3.8) is 0 Å². The Hall–Kier alpha value is -1.27. The summed E-state index contributed by atoms with van der Waals surface area (Å²) in [5.41, 5.74) is 2.38. The molecule has 2 aromatic heterocycles. The summed E-state index contributed by atoms with van der Waals surface area (Å²) in [5.74, 6) is 0. The maximum Gasteiger partial charge on any atom is 0.204 e. The second kappa shape index (κ2) is 4.50. The molecule has 0 atom stereocenters. The summed E-state index contributed by atoms with van der Waals surface area (Å²) in [7, 11) is 0. The summed E-state index contributed by atoms with van der Waals surface area (Å²) in [4.78, 5) is 4.04. The number of hydrogen-bond donors (Lipinski definition) is 2. The van der Waals surface area contributed by atoms with E-state index < -0.39 is 0 Å². The minimum absolute atomic E-state index is 0.684. The standard InChI is InChI=1S/C9H10N4S2/c1-6-4-10-3-2-7(6)5-11-8-12-13-9(14)15-8/h2-4H,5H2,1H3,(H,11,12)(H,13,14). The quantitative estimate of drug-likeness (QED) is 0.807. The zero-order valence-corrected chi connectivity index (χ0v) is 9.78. The summed E-state index contributed by atoms with van der Waals surface area (Å²) in [5, 5.41) is 10.8. The number of pyridine rings is 1. The first kappa shape index (κ1) is 10.3. The molecule has 0 aliphatic rings. The molecule has 0 bridgehead atoms. The van der Waals surface area contributed by atoms with E-state index in [1.165, 1.54) is 22.5 Å². The van der Waals surface area contributed by atoms with Gasteiger partial charge in [-0.05, 0) is 36.3 Å². The predicted octanol–water partition coefficient (Wildman–Crippen LogP) is 2.52. The number of rotatable bonds is 3. The van der Waals surface area contributed by atoms with Gasteiger partial charge in [-0.25, -0.2) is 0 Å². The second-order valence-electron chi connectivity index (χ2n) is 3.07. The van der Waals surface area contributed by atoms with Gasteiger partial charge in [-0.1, -0.05) is 11.3 Å². The fourth-order valence-corrected chi connectivity index (χ4v) is 1.96. The molecule has 0 saturated heterocycles. The molecule has 0 radical (unpaired) electrons. The second-order valence-corrected chi connectivity index (χ2v) is 4.74. The Balaban J connectivity index is 2.05. The van der Waals surface area contributed by atoms with Crippen molar-refractivity contribution in [3.05, 3.63) is 33.5 Å². The van der Waals surface area contributed by atoms with Crippen LogP contribution in [-0.4, -0.2) is 15.2 Å². The van der Waals surface area contributed by atoms with Gasteiger partial charge in [0.05, 0.1) is 0 Å². The molecular formula is C9H10N4S2. The number of H-pyrrole nitrogens is 1. The van der Waals surface area contributed by atoms with Crippen molar-refractivity contribution in [2.75, 3.05) is 5.32 Å². The molecule has 2 N–H and O–H groups in total. The highest BCUT2D eigenvalue weighted by Crippen LogP contribution is 2.13. The monoisotopic (exact) mass is 238 g/mol. The van der Waals surface area contributed by atoms with Gasteiger partial charge in [0, 0.05) is 18.9 Å². The van der Waals surface area contributed by atoms with E-state index in [1.807, 2.05) is 19.2 Å². The van der Waals surface area contributed by atoms with Gasteiger partial charge in [0.25, 0.3) is 0 Å². The largest absolute Gasteiger partial charge is 0.356 e. The summed E-state index contributed by atoms with van der Waals surface area (Å²) in [6.45, 7) is 2.78. The van der Waals surface area contributed by atoms with Crippen LogP contribution in [0.15, 0.2) is 18.5 Å². The SMILES string of the molecule is Cc1cnccc1CNc1n[nH]c(=S)s1. The third-order valence-corrected chi connectivity index (χ3v) is 3.05. The normalized spacial score (nSPS) is 10.2. The van der Waals surface area contributed by atoms with Crippen molar-refractivity contribution in [2.45, 2.75) is 13.5 Å². The number of aromatic amines is 1. The Morgan fingerprint density at radius 1 is 1.60 bits per heavy atom. The first-order chi connectivity index (χ1) is 7.25. The molecule has 6 heteroatoms. The minimum atomic E-state index is 0.684. The van der Waals surface area contributed by atoms with Gasteiger partial charge < -0.3 is 5.32 Å². The van der Waals surface area contributed by atoms with E-state index in [1.54, 1.807) is 6.20 Å². The van der Waals surface area contributed by atoms with Gasteiger partial charge >= 0.3 is 0 Å². The molecule has 0 saturated carbocycles. The molecule has 2 heterocycles. The topological polar surface area (TPSA) is 53.6 Å². The zero-order valence-electron chi connectivity index (χ0n) is 8.15. The smallest absolute Gasteiger partial charge is 0.204 e. The van der Waals surface area contributed by atoms with Gasteiger partial charge in [0.2, 0.25) is 5.13 Å². The van der Waals surface area contributed by atoms with E-state index >= 15 is 0 Å². The fraction of sp³-hybridized carbons (Fsp3) is 0.222. The van der Waals surface area contributed by atoms with Crippen molar-refractivity contribution in [2.24, 2.45) is 0 Å². The van der Waals surface area contributed by atoms with E-state index in [-0.39, 0.29) is 0 Å². The molecule has 0 aromatic carbocycles. The van der Waals surface area contributed by atoms with Crippen LogP contribution in [-0.2, 0) is 6.54 Å². The highest BCUT2D eigenvalue weighted by Gasteiger charge is 1.99. The lowest BCUT2D eigenvalue weighted by atomic mass is 10.2. The van der Waals surface area contributed by atoms with E-state index in [0.717, 1.165) is 11.7 Å². The highest BCUT2D eigenvalue weighted by atomic mass is 32.1. The summed E-state index contributed by atoms with van der Waals surface area (Å²) < 4.78 is 0.684. The number of aromatic nitrogens is 3. The molecule has 0 aliphatic heterocycles. The van der Waals surface area contributed by atoms with E-state index in [4.69, 9.17) is 12.2 Å². The van der Waals surface area contributed by atoms with Gasteiger partial charge in [0.1, 0.15) is 0 Å². The molecule has 0 fully saturated rings. The van der Waals surface area contributed by atoms with E-state index in [0.29, 0.717) is 3.95 Å². The number of anilines is 1. The van der Waals surface area contributed by atoms with Crippen LogP contribution in [0.4, 0.5) is 5.13 Å². The highest BCUT2D eigenvalue weighted by molar-refractivity contribution is 7.73. The van der Waals surface area contributed by atoms with Crippen LogP contribution in [0.3, 0.4) is 0 Å². The third kappa shape index (κ3) is 2.60. The Morgan fingerprint density at radius 3 is 3.13 bits per heavy atom. The van der Waals surface area contributed by atoms with Crippen molar-refractivity contribution in [3.8, 4) is 0 Å². The maximum absolute atomic E-state index is 4.94. The maximum atomic E-state index is 4.94. The Labute approximate surface area is 96.4 Å². The van der Waals surface area contributed by atoms with Crippen molar-refractivity contribution in [1.29, 1.82) is 0 Å². The number of nitrogens with zero attached hydrogens (tertiary/aromatic N) is 2. The summed E-state index contributed by atoms with van der Waals surface area (Å²) in [6, 6.07) is 1.99. The number of aryl methyl sites for hydroxylation is 1. The molecule has 4 nitrogen and oxygen atoms in total.